The molecular weight excluding hydrogens is 302 g/mol. The maximum atomic E-state index is 5.43. The fourth-order valence-electron chi connectivity index (χ4n) is 3.46. The third-order valence-electron chi connectivity index (χ3n) is 4.83. The number of ether oxygens (including phenoxy) is 1. The highest BCUT2D eigenvalue weighted by atomic mass is 16.5. The zero-order valence-corrected chi connectivity index (χ0v) is 14.3. The second kappa shape index (κ2) is 6.36. The van der Waals surface area contributed by atoms with E-state index in [1.807, 2.05) is 12.3 Å². The molecule has 0 bridgehead atoms. The van der Waals surface area contributed by atoms with Crippen molar-refractivity contribution >= 4 is 11.8 Å². The minimum absolute atomic E-state index is 0.756. The maximum Gasteiger partial charge on any atom is 0.225 e. The van der Waals surface area contributed by atoms with Crippen molar-refractivity contribution in [3.05, 3.63) is 40.8 Å². The molecule has 4 heterocycles. The molecule has 0 radical (unpaired) electrons. The van der Waals surface area contributed by atoms with Crippen LogP contribution in [0.5, 0.6) is 0 Å². The van der Waals surface area contributed by atoms with Gasteiger partial charge < -0.3 is 14.5 Å². The number of aromatic nitrogens is 3. The van der Waals surface area contributed by atoms with Crippen molar-refractivity contribution in [1.82, 2.24) is 15.0 Å². The van der Waals surface area contributed by atoms with Gasteiger partial charge in [-0.1, -0.05) is 6.07 Å². The van der Waals surface area contributed by atoms with Gasteiger partial charge >= 0.3 is 0 Å². The molecule has 6 nitrogen and oxygen atoms in total. The smallest absolute Gasteiger partial charge is 0.225 e. The van der Waals surface area contributed by atoms with Gasteiger partial charge in [0.05, 0.1) is 18.9 Å². The quantitative estimate of drug-likeness (QED) is 0.840. The van der Waals surface area contributed by atoms with Crippen molar-refractivity contribution in [3.8, 4) is 0 Å². The first kappa shape index (κ1) is 15.3. The minimum Gasteiger partial charge on any atom is -0.378 e. The van der Waals surface area contributed by atoms with Gasteiger partial charge in [-0.05, 0) is 25.5 Å². The standard InChI is InChI=1S/C18H23N5O/c1-13-4-3-6-19-17(13)23-7-5-16-15(12-23)14(2)20-18(21-16)22-8-10-24-11-9-22/h3-4,6H,5,7-12H2,1-2H3. The summed E-state index contributed by atoms with van der Waals surface area (Å²) in [6.45, 7) is 9.25. The Morgan fingerprint density at radius 3 is 2.67 bits per heavy atom. The molecule has 2 aliphatic heterocycles. The van der Waals surface area contributed by atoms with Gasteiger partial charge in [0.25, 0.3) is 0 Å². The van der Waals surface area contributed by atoms with E-state index in [-0.39, 0.29) is 0 Å². The summed E-state index contributed by atoms with van der Waals surface area (Å²) in [6.07, 6.45) is 2.80. The number of hydrogen-bond acceptors (Lipinski definition) is 6. The zero-order valence-electron chi connectivity index (χ0n) is 14.3. The van der Waals surface area contributed by atoms with Crippen LogP contribution in [0.2, 0.25) is 0 Å². The zero-order chi connectivity index (χ0) is 16.5. The summed E-state index contributed by atoms with van der Waals surface area (Å²) in [5.74, 6) is 1.93. The summed E-state index contributed by atoms with van der Waals surface area (Å²) in [7, 11) is 0. The Morgan fingerprint density at radius 1 is 1.04 bits per heavy atom. The number of pyridine rings is 1. The van der Waals surface area contributed by atoms with Crippen LogP contribution in [0.15, 0.2) is 18.3 Å². The van der Waals surface area contributed by atoms with E-state index in [0.29, 0.717) is 0 Å². The number of hydrogen-bond donors (Lipinski definition) is 0. The molecule has 1 saturated heterocycles. The van der Waals surface area contributed by atoms with E-state index >= 15 is 0 Å². The lowest BCUT2D eigenvalue weighted by molar-refractivity contribution is 0.122. The molecule has 24 heavy (non-hydrogen) atoms. The first-order valence-electron chi connectivity index (χ1n) is 8.58. The normalized spacial score (nSPS) is 17.8. The van der Waals surface area contributed by atoms with Crippen LogP contribution < -0.4 is 9.80 Å². The van der Waals surface area contributed by atoms with Crippen LogP contribution >= 0.6 is 0 Å². The summed E-state index contributed by atoms with van der Waals surface area (Å²) >= 11 is 0. The molecule has 0 spiro atoms. The molecule has 6 heteroatoms. The van der Waals surface area contributed by atoms with Crippen LogP contribution in [0.25, 0.3) is 0 Å². The molecule has 4 rings (SSSR count). The molecule has 0 amide bonds. The second-order valence-electron chi connectivity index (χ2n) is 6.45. The lowest BCUT2D eigenvalue weighted by Crippen LogP contribution is -2.39. The summed E-state index contributed by atoms with van der Waals surface area (Å²) in [6, 6.07) is 4.10. The first-order valence-corrected chi connectivity index (χ1v) is 8.58. The topological polar surface area (TPSA) is 54.4 Å². The first-order chi connectivity index (χ1) is 11.7. The third kappa shape index (κ3) is 2.82. The van der Waals surface area contributed by atoms with E-state index in [1.54, 1.807) is 0 Å². The van der Waals surface area contributed by atoms with Crippen molar-refractivity contribution in [2.24, 2.45) is 0 Å². The average Bonchev–Trinajstić information content (AvgIpc) is 2.63. The Balaban J connectivity index is 1.61. The highest BCUT2D eigenvalue weighted by Gasteiger charge is 2.24. The Hall–Kier alpha value is -2.21. The Kier molecular flexibility index (Phi) is 4.06. The molecule has 0 saturated carbocycles. The Labute approximate surface area is 142 Å². The lowest BCUT2D eigenvalue weighted by atomic mass is 10.0. The fraction of sp³-hybridized carbons (Fsp3) is 0.500. The van der Waals surface area contributed by atoms with Crippen molar-refractivity contribution < 1.29 is 4.74 Å². The van der Waals surface area contributed by atoms with E-state index in [9.17, 15) is 0 Å². The molecule has 1 fully saturated rings. The highest BCUT2D eigenvalue weighted by molar-refractivity contribution is 5.50. The predicted octanol–water partition coefficient (Wildman–Crippen LogP) is 1.89. The summed E-state index contributed by atoms with van der Waals surface area (Å²) in [5.41, 5.74) is 4.74. The van der Waals surface area contributed by atoms with Gasteiger partial charge in [0.1, 0.15) is 5.82 Å². The number of morpholine rings is 1. The molecular formula is C18H23N5O. The maximum absolute atomic E-state index is 5.43. The second-order valence-corrected chi connectivity index (χ2v) is 6.45. The van der Waals surface area contributed by atoms with E-state index in [0.717, 1.165) is 63.3 Å². The summed E-state index contributed by atoms with van der Waals surface area (Å²) < 4.78 is 5.43. The van der Waals surface area contributed by atoms with Crippen molar-refractivity contribution in [3.63, 3.8) is 0 Å². The molecule has 2 aromatic rings. The van der Waals surface area contributed by atoms with Crippen LogP contribution in [-0.2, 0) is 17.7 Å². The monoisotopic (exact) mass is 325 g/mol. The van der Waals surface area contributed by atoms with Crippen LogP contribution in [-0.4, -0.2) is 47.8 Å². The molecule has 2 aliphatic rings. The summed E-state index contributed by atoms with van der Waals surface area (Å²) in [5, 5.41) is 0. The van der Waals surface area contributed by atoms with E-state index in [4.69, 9.17) is 14.7 Å². The molecule has 126 valence electrons. The van der Waals surface area contributed by atoms with Gasteiger partial charge in [-0.3, -0.25) is 0 Å². The molecule has 0 aromatic carbocycles. The van der Waals surface area contributed by atoms with Gasteiger partial charge in [0.2, 0.25) is 5.95 Å². The van der Waals surface area contributed by atoms with Crippen molar-refractivity contribution in [2.75, 3.05) is 42.6 Å². The van der Waals surface area contributed by atoms with Crippen molar-refractivity contribution in [2.45, 2.75) is 26.8 Å². The summed E-state index contributed by atoms with van der Waals surface area (Å²) in [4.78, 5) is 18.8. The highest BCUT2D eigenvalue weighted by Crippen LogP contribution is 2.27. The molecule has 0 unspecified atom stereocenters. The molecule has 0 atom stereocenters. The van der Waals surface area contributed by atoms with Gasteiger partial charge in [-0.15, -0.1) is 0 Å². The van der Waals surface area contributed by atoms with Gasteiger partial charge in [0.15, 0.2) is 0 Å². The van der Waals surface area contributed by atoms with Crippen LogP contribution in [0.1, 0.15) is 22.5 Å². The van der Waals surface area contributed by atoms with E-state index < -0.39 is 0 Å². The van der Waals surface area contributed by atoms with E-state index in [1.165, 1.54) is 16.8 Å². The number of fused-ring (bicyclic) bond motifs is 1. The van der Waals surface area contributed by atoms with Gasteiger partial charge in [0, 0.05) is 50.1 Å². The van der Waals surface area contributed by atoms with Gasteiger partial charge in [-0.25, -0.2) is 15.0 Å². The number of anilines is 2. The lowest BCUT2D eigenvalue weighted by Gasteiger charge is -2.32. The molecule has 2 aromatic heterocycles. The minimum atomic E-state index is 0.756. The molecule has 0 N–H and O–H groups in total. The largest absolute Gasteiger partial charge is 0.378 e. The van der Waals surface area contributed by atoms with Crippen LogP contribution in [0, 0.1) is 13.8 Å². The average molecular weight is 325 g/mol. The Morgan fingerprint density at radius 2 is 1.88 bits per heavy atom. The third-order valence-corrected chi connectivity index (χ3v) is 4.83. The number of rotatable bonds is 2. The predicted molar refractivity (Wildman–Crippen MR) is 93.5 cm³/mol. The number of aryl methyl sites for hydroxylation is 2. The van der Waals surface area contributed by atoms with Crippen LogP contribution in [0.3, 0.4) is 0 Å². The van der Waals surface area contributed by atoms with Crippen molar-refractivity contribution in [1.29, 1.82) is 0 Å². The SMILES string of the molecule is Cc1cccnc1N1CCc2nc(N3CCOCC3)nc(C)c2C1. The van der Waals surface area contributed by atoms with Gasteiger partial charge in [-0.2, -0.15) is 0 Å². The van der Waals surface area contributed by atoms with Crippen LogP contribution in [0.4, 0.5) is 11.8 Å². The Bertz CT molecular complexity index is 742. The number of nitrogens with zero attached hydrogens (tertiary/aromatic N) is 5. The fourth-order valence-corrected chi connectivity index (χ4v) is 3.46. The molecule has 0 aliphatic carbocycles. The van der Waals surface area contributed by atoms with E-state index in [2.05, 4.69) is 34.7 Å².